The quantitative estimate of drug-likeness (QED) is 0.0828. The lowest BCUT2D eigenvalue weighted by Gasteiger charge is -2.38. The van der Waals surface area contributed by atoms with Crippen LogP contribution in [0.4, 0.5) is 0 Å². The van der Waals surface area contributed by atoms with E-state index < -0.39 is 12.5 Å². The fourth-order valence-corrected chi connectivity index (χ4v) is 6.64. The molecule has 0 unspecified atom stereocenters. The molecule has 0 aliphatic rings. The van der Waals surface area contributed by atoms with E-state index in [0.29, 0.717) is 30.8 Å². The first kappa shape index (κ1) is 37.9. The summed E-state index contributed by atoms with van der Waals surface area (Å²) in [7, 11) is -1.49. The van der Waals surface area contributed by atoms with Gasteiger partial charge in [0, 0.05) is 6.42 Å². The second-order valence-electron chi connectivity index (χ2n) is 16.7. The molecule has 2 N–H and O–H groups in total. The first-order valence-electron chi connectivity index (χ1n) is 18.1. The van der Waals surface area contributed by atoms with Crippen LogP contribution in [0, 0.1) is 0 Å². The molecule has 0 aliphatic carbocycles. The smallest absolute Gasteiger partial charge is 0.488 e. The van der Waals surface area contributed by atoms with Gasteiger partial charge in [-0.15, -0.1) is 0 Å². The Balaban J connectivity index is 1.51. The summed E-state index contributed by atoms with van der Waals surface area (Å²) in [5.41, 5.74) is 8.73. The summed E-state index contributed by atoms with van der Waals surface area (Å²) in [5.74, 6) is 1.49. The molecule has 5 rings (SSSR count). The Hall–Kier alpha value is -4.32. The summed E-state index contributed by atoms with van der Waals surface area (Å²) in [5, 5.41) is 18.6. The molecule has 0 saturated heterocycles. The van der Waals surface area contributed by atoms with E-state index in [1.807, 2.05) is 0 Å². The predicted octanol–water partition coefficient (Wildman–Crippen LogP) is 9.49. The SMILES string of the molecule is CC(C)(C)c1ccc(C(c2ccc(OCCCOc3ccc(B(O)O)cc3)cc2)(c2ccc(C(C)(C)C)cc2)c2ccc(C(C)(C)C)cc2)cc1. The number of rotatable bonds is 11. The topological polar surface area (TPSA) is 58.9 Å². The number of hydrogen-bond donors (Lipinski definition) is 2. The molecule has 0 amide bonds. The Morgan fingerprint density at radius 1 is 0.392 bits per heavy atom. The van der Waals surface area contributed by atoms with Crippen molar-refractivity contribution in [1.29, 1.82) is 0 Å². The highest BCUT2D eigenvalue weighted by Gasteiger charge is 2.39. The van der Waals surface area contributed by atoms with Crippen LogP contribution >= 0.6 is 0 Å². The number of ether oxygens (including phenoxy) is 2. The molecule has 0 atom stereocenters. The molecule has 5 heteroatoms. The number of hydrogen-bond acceptors (Lipinski definition) is 4. The molecule has 51 heavy (non-hydrogen) atoms. The van der Waals surface area contributed by atoms with Crippen LogP contribution in [-0.4, -0.2) is 30.4 Å². The largest absolute Gasteiger partial charge is 0.493 e. The third-order valence-corrected chi connectivity index (χ3v) is 9.84. The molecule has 0 heterocycles. The minimum absolute atomic E-state index is 0.0437. The van der Waals surface area contributed by atoms with Gasteiger partial charge in [-0.2, -0.15) is 0 Å². The van der Waals surface area contributed by atoms with E-state index in [0.717, 1.165) is 5.75 Å². The van der Waals surface area contributed by atoms with Crippen molar-refractivity contribution in [3.05, 3.63) is 160 Å². The van der Waals surface area contributed by atoms with Crippen molar-refractivity contribution in [2.45, 2.75) is 90.4 Å². The van der Waals surface area contributed by atoms with Crippen molar-refractivity contribution in [2.75, 3.05) is 13.2 Å². The molecule has 0 saturated carbocycles. The lowest BCUT2D eigenvalue weighted by molar-refractivity contribution is 0.247. The van der Waals surface area contributed by atoms with Gasteiger partial charge in [0.15, 0.2) is 0 Å². The van der Waals surface area contributed by atoms with Gasteiger partial charge in [-0.05, 0) is 84.9 Å². The first-order valence-corrected chi connectivity index (χ1v) is 18.1. The van der Waals surface area contributed by atoms with Gasteiger partial charge in [-0.25, -0.2) is 0 Å². The van der Waals surface area contributed by atoms with Gasteiger partial charge in [0.1, 0.15) is 11.5 Å². The van der Waals surface area contributed by atoms with Crippen LogP contribution in [0.5, 0.6) is 11.5 Å². The summed E-state index contributed by atoms with van der Waals surface area (Å²) in [6, 6.07) is 43.1. The predicted molar refractivity (Wildman–Crippen MR) is 213 cm³/mol. The maximum atomic E-state index is 9.31. The summed E-state index contributed by atoms with van der Waals surface area (Å²) in [6.45, 7) is 21.4. The molecule has 0 bridgehead atoms. The van der Waals surface area contributed by atoms with Crippen molar-refractivity contribution in [3.63, 3.8) is 0 Å². The fourth-order valence-electron chi connectivity index (χ4n) is 6.64. The number of benzene rings is 5. The van der Waals surface area contributed by atoms with Gasteiger partial charge in [-0.1, -0.05) is 159 Å². The van der Waals surface area contributed by atoms with Crippen LogP contribution in [0.2, 0.25) is 0 Å². The maximum Gasteiger partial charge on any atom is 0.488 e. The van der Waals surface area contributed by atoms with Gasteiger partial charge in [0.25, 0.3) is 0 Å². The van der Waals surface area contributed by atoms with Gasteiger partial charge in [0.05, 0.1) is 18.6 Å². The van der Waals surface area contributed by atoms with Crippen LogP contribution < -0.4 is 14.9 Å². The minimum Gasteiger partial charge on any atom is -0.493 e. The van der Waals surface area contributed by atoms with Crippen molar-refractivity contribution in [3.8, 4) is 11.5 Å². The molecular weight excluding hydrogens is 627 g/mol. The summed E-state index contributed by atoms with van der Waals surface area (Å²) >= 11 is 0. The molecule has 266 valence electrons. The molecule has 0 radical (unpaired) electrons. The summed E-state index contributed by atoms with van der Waals surface area (Å²) < 4.78 is 12.0. The monoisotopic (exact) mass is 682 g/mol. The van der Waals surface area contributed by atoms with E-state index in [1.54, 1.807) is 24.3 Å². The van der Waals surface area contributed by atoms with E-state index in [-0.39, 0.29) is 16.2 Å². The Bertz CT molecular complexity index is 1700. The van der Waals surface area contributed by atoms with Crippen molar-refractivity contribution in [2.24, 2.45) is 0 Å². The highest BCUT2D eigenvalue weighted by atomic mass is 16.5. The molecule has 0 fully saturated rings. The third kappa shape index (κ3) is 8.77. The first-order chi connectivity index (χ1) is 24.0. The van der Waals surface area contributed by atoms with E-state index in [2.05, 4.69) is 159 Å². The zero-order valence-corrected chi connectivity index (χ0v) is 32.0. The average Bonchev–Trinajstić information content (AvgIpc) is 3.09. The lowest BCUT2D eigenvalue weighted by atomic mass is 9.64. The van der Waals surface area contributed by atoms with Crippen molar-refractivity contribution in [1.82, 2.24) is 0 Å². The molecule has 4 nitrogen and oxygen atoms in total. The second-order valence-corrected chi connectivity index (χ2v) is 16.7. The Morgan fingerprint density at radius 2 is 0.647 bits per heavy atom. The zero-order valence-electron chi connectivity index (χ0n) is 32.0. The van der Waals surface area contributed by atoms with Crippen LogP contribution in [0.15, 0.2) is 121 Å². The second kappa shape index (κ2) is 15.1. The Morgan fingerprint density at radius 3 is 0.922 bits per heavy atom. The summed E-state index contributed by atoms with van der Waals surface area (Å²) in [4.78, 5) is 0. The zero-order chi connectivity index (χ0) is 37.0. The molecule has 5 aromatic carbocycles. The average molecular weight is 683 g/mol. The summed E-state index contributed by atoms with van der Waals surface area (Å²) in [6.07, 6.45) is 0.705. The van der Waals surface area contributed by atoms with Crippen molar-refractivity contribution < 1.29 is 19.5 Å². The molecule has 0 aromatic heterocycles. The van der Waals surface area contributed by atoms with Crippen LogP contribution in [0.1, 0.15) is 108 Å². The standard InChI is InChI=1S/C46H55BO4/c1-43(2,3)33-11-17-36(18-12-33)46(37-19-13-34(14-20-37)44(4,5)6,38-21-15-35(16-22-38)45(7,8)9)39-23-27-41(28-24-39)50-31-10-32-51-42-29-25-40(26-30-42)47(48)49/h11-30,48-49H,10,31-32H2,1-9H3. The third-order valence-electron chi connectivity index (χ3n) is 9.84. The highest BCUT2D eigenvalue weighted by molar-refractivity contribution is 6.58. The van der Waals surface area contributed by atoms with Crippen LogP contribution in [-0.2, 0) is 21.7 Å². The Kier molecular flexibility index (Phi) is 11.2. The van der Waals surface area contributed by atoms with E-state index in [1.165, 1.54) is 38.9 Å². The van der Waals surface area contributed by atoms with Crippen LogP contribution in [0.3, 0.4) is 0 Å². The fraction of sp³-hybridized carbons (Fsp3) is 0.348. The maximum absolute atomic E-state index is 9.31. The van der Waals surface area contributed by atoms with Gasteiger partial charge < -0.3 is 19.5 Å². The molecular formula is C46H55BO4. The van der Waals surface area contributed by atoms with E-state index in [9.17, 15) is 10.0 Å². The van der Waals surface area contributed by atoms with Gasteiger partial charge >= 0.3 is 7.12 Å². The molecule has 0 aliphatic heterocycles. The van der Waals surface area contributed by atoms with E-state index in [4.69, 9.17) is 9.47 Å². The molecule has 0 spiro atoms. The van der Waals surface area contributed by atoms with Crippen LogP contribution in [0.25, 0.3) is 0 Å². The van der Waals surface area contributed by atoms with E-state index >= 15 is 0 Å². The molecule has 5 aromatic rings. The Labute approximate surface area is 306 Å². The highest BCUT2D eigenvalue weighted by Crippen LogP contribution is 2.47. The van der Waals surface area contributed by atoms with Gasteiger partial charge in [-0.3, -0.25) is 0 Å². The van der Waals surface area contributed by atoms with Gasteiger partial charge in [0.2, 0.25) is 0 Å². The normalized spacial score (nSPS) is 12.5. The minimum atomic E-state index is -1.49. The lowest BCUT2D eigenvalue weighted by Crippen LogP contribution is -2.31. The van der Waals surface area contributed by atoms with Crippen molar-refractivity contribution >= 4 is 12.6 Å².